The molecule has 7 nitrogen and oxygen atoms in total. The van der Waals surface area contributed by atoms with Crippen molar-refractivity contribution in [2.75, 3.05) is 26.2 Å². The van der Waals surface area contributed by atoms with Crippen molar-refractivity contribution in [3.05, 3.63) is 40.9 Å². The minimum Gasteiger partial charge on any atom is -0.451 e. The molecule has 0 atom stereocenters. The lowest BCUT2D eigenvalue weighted by atomic mass is 10.2. The highest BCUT2D eigenvalue weighted by Gasteiger charge is 2.19. The van der Waals surface area contributed by atoms with E-state index in [9.17, 15) is 14.4 Å². The third-order valence-electron chi connectivity index (χ3n) is 3.78. The highest BCUT2D eigenvalue weighted by atomic mass is 32.1. The zero-order valence-electron chi connectivity index (χ0n) is 15.7. The van der Waals surface area contributed by atoms with Crippen LogP contribution in [-0.4, -0.2) is 53.9 Å². The average Bonchev–Trinajstić information content (AvgIpc) is 3.15. The van der Waals surface area contributed by atoms with E-state index in [4.69, 9.17) is 4.74 Å². The van der Waals surface area contributed by atoms with E-state index in [1.807, 2.05) is 31.2 Å². The first-order valence-corrected chi connectivity index (χ1v) is 9.56. The van der Waals surface area contributed by atoms with Crippen LogP contribution in [0.15, 0.2) is 29.6 Å². The summed E-state index contributed by atoms with van der Waals surface area (Å²) in [4.78, 5) is 41.5. The zero-order chi connectivity index (χ0) is 19.8. The highest BCUT2D eigenvalue weighted by molar-refractivity contribution is 7.13. The number of esters is 1. The molecule has 144 valence electrons. The molecule has 0 bridgehead atoms. The van der Waals surface area contributed by atoms with Gasteiger partial charge in [0.05, 0.1) is 6.54 Å². The van der Waals surface area contributed by atoms with Crippen LogP contribution in [0.4, 0.5) is 0 Å². The largest absolute Gasteiger partial charge is 0.451 e. The number of nitrogens with one attached hydrogen (secondary N) is 1. The van der Waals surface area contributed by atoms with E-state index >= 15 is 0 Å². The Balaban J connectivity index is 1.92. The van der Waals surface area contributed by atoms with Crippen molar-refractivity contribution in [1.29, 1.82) is 0 Å². The standard InChI is InChI=1S/C19H23N3O4S/c1-4-20-16(23)10-22(5-2)17(24)11-26-19(25)15-12-27-18(21-15)14-8-6-13(3)7-9-14/h6-9,12H,4-5,10-11H2,1-3H3,(H,20,23). The van der Waals surface area contributed by atoms with E-state index in [0.717, 1.165) is 11.1 Å². The van der Waals surface area contributed by atoms with Crippen LogP contribution in [0.2, 0.25) is 0 Å². The molecule has 0 unspecified atom stereocenters. The number of benzene rings is 1. The van der Waals surface area contributed by atoms with Crippen molar-refractivity contribution in [3.8, 4) is 10.6 Å². The smallest absolute Gasteiger partial charge is 0.358 e. The van der Waals surface area contributed by atoms with Gasteiger partial charge in [-0.1, -0.05) is 29.8 Å². The van der Waals surface area contributed by atoms with Crippen LogP contribution >= 0.6 is 11.3 Å². The van der Waals surface area contributed by atoms with Crippen LogP contribution in [0.5, 0.6) is 0 Å². The Labute approximate surface area is 162 Å². The predicted octanol–water partition coefficient (Wildman–Crippen LogP) is 2.26. The fourth-order valence-electron chi connectivity index (χ4n) is 2.29. The number of likely N-dealkylation sites (N-methyl/N-ethyl adjacent to an activating group) is 2. The Morgan fingerprint density at radius 2 is 1.89 bits per heavy atom. The van der Waals surface area contributed by atoms with Gasteiger partial charge in [-0.05, 0) is 20.8 Å². The highest BCUT2D eigenvalue weighted by Crippen LogP contribution is 2.24. The molecular weight excluding hydrogens is 366 g/mol. The predicted molar refractivity (Wildman–Crippen MR) is 104 cm³/mol. The number of ether oxygens (including phenoxy) is 1. The molecular formula is C19H23N3O4S. The van der Waals surface area contributed by atoms with Crippen molar-refractivity contribution >= 4 is 29.1 Å². The molecule has 0 spiro atoms. The van der Waals surface area contributed by atoms with Crippen molar-refractivity contribution in [2.24, 2.45) is 0 Å². The second kappa shape index (κ2) is 9.82. The van der Waals surface area contributed by atoms with Crippen LogP contribution in [0.25, 0.3) is 10.6 Å². The third kappa shape index (κ3) is 5.89. The first kappa shape index (κ1) is 20.6. The molecule has 0 fully saturated rings. The first-order chi connectivity index (χ1) is 12.9. The maximum absolute atomic E-state index is 12.2. The normalized spacial score (nSPS) is 10.3. The van der Waals surface area contributed by atoms with E-state index in [1.54, 1.807) is 19.2 Å². The molecule has 2 aromatic rings. The van der Waals surface area contributed by atoms with Gasteiger partial charge in [0.15, 0.2) is 12.3 Å². The molecule has 8 heteroatoms. The number of hydrogen-bond acceptors (Lipinski definition) is 6. The third-order valence-corrected chi connectivity index (χ3v) is 4.67. The lowest BCUT2D eigenvalue weighted by Crippen LogP contribution is -2.42. The molecule has 0 radical (unpaired) electrons. The summed E-state index contributed by atoms with van der Waals surface area (Å²) < 4.78 is 5.06. The van der Waals surface area contributed by atoms with Crippen LogP contribution in [0, 0.1) is 6.92 Å². The summed E-state index contributed by atoms with van der Waals surface area (Å²) in [5, 5.41) is 4.94. The summed E-state index contributed by atoms with van der Waals surface area (Å²) in [5.74, 6) is -1.33. The van der Waals surface area contributed by atoms with Crippen LogP contribution in [0.1, 0.15) is 29.9 Å². The number of aryl methyl sites for hydroxylation is 1. The quantitative estimate of drug-likeness (QED) is 0.700. The molecule has 27 heavy (non-hydrogen) atoms. The Morgan fingerprint density at radius 3 is 2.52 bits per heavy atom. The van der Waals surface area contributed by atoms with Crippen LogP contribution in [0.3, 0.4) is 0 Å². The van der Waals surface area contributed by atoms with Gasteiger partial charge in [-0.15, -0.1) is 11.3 Å². The van der Waals surface area contributed by atoms with E-state index in [-0.39, 0.29) is 18.1 Å². The summed E-state index contributed by atoms with van der Waals surface area (Å²) in [7, 11) is 0. The lowest BCUT2D eigenvalue weighted by Gasteiger charge is -2.19. The summed E-state index contributed by atoms with van der Waals surface area (Å²) in [6.07, 6.45) is 0. The number of nitrogens with zero attached hydrogens (tertiary/aromatic N) is 2. The molecule has 0 aliphatic carbocycles. The molecule has 0 aliphatic rings. The average molecular weight is 389 g/mol. The van der Waals surface area contributed by atoms with E-state index < -0.39 is 18.5 Å². The number of amides is 2. The Kier molecular flexibility index (Phi) is 7.48. The summed E-state index contributed by atoms with van der Waals surface area (Å²) in [5.41, 5.74) is 2.22. The topological polar surface area (TPSA) is 88.6 Å². The number of carbonyl (C=O) groups is 3. The number of aromatic nitrogens is 1. The van der Waals surface area contributed by atoms with Crippen molar-refractivity contribution in [2.45, 2.75) is 20.8 Å². The van der Waals surface area contributed by atoms with E-state index in [1.165, 1.54) is 16.2 Å². The second-order valence-electron chi connectivity index (χ2n) is 5.84. The molecule has 2 amide bonds. The molecule has 1 aromatic carbocycles. The van der Waals surface area contributed by atoms with Gasteiger partial charge in [0.1, 0.15) is 5.01 Å². The summed E-state index contributed by atoms with van der Waals surface area (Å²) in [6, 6.07) is 7.82. The molecule has 0 saturated carbocycles. The Morgan fingerprint density at radius 1 is 1.19 bits per heavy atom. The molecule has 0 saturated heterocycles. The number of rotatable bonds is 8. The molecule has 2 rings (SSSR count). The molecule has 1 aromatic heterocycles. The second-order valence-corrected chi connectivity index (χ2v) is 6.70. The molecule has 1 N–H and O–H groups in total. The maximum Gasteiger partial charge on any atom is 0.358 e. The van der Waals surface area contributed by atoms with Gasteiger partial charge in [-0.25, -0.2) is 9.78 Å². The minimum absolute atomic E-state index is 0.0605. The molecule has 1 heterocycles. The van der Waals surface area contributed by atoms with Gasteiger partial charge in [-0.2, -0.15) is 0 Å². The Bertz CT molecular complexity index is 802. The monoisotopic (exact) mass is 389 g/mol. The van der Waals surface area contributed by atoms with E-state index in [0.29, 0.717) is 18.1 Å². The van der Waals surface area contributed by atoms with Gasteiger partial charge in [-0.3, -0.25) is 9.59 Å². The fourth-order valence-corrected chi connectivity index (χ4v) is 3.09. The lowest BCUT2D eigenvalue weighted by molar-refractivity contribution is -0.138. The van der Waals surface area contributed by atoms with Gasteiger partial charge in [0.25, 0.3) is 5.91 Å². The zero-order valence-corrected chi connectivity index (χ0v) is 16.5. The van der Waals surface area contributed by atoms with Gasteiger partial charge < -0.3 is 15.0 Å². The van der Waals surface area contributed by atoms with Crippen molar-refractivity contribution < 1.29 is 19.1 Å². The van der Waals surface area contributed by atoms with Gasteiger partial charge >= 0.3 is 5.97 Å². The Hall–Kier alpha value is -2.74. The summed E-state index contributed by atoms with van der Waals surface area (Å²) >= 11 is 1.34. The molecule has 0 aliphatic heterocycles. The number of thiazole rings is 1. The number of hydrogen-bond donors (Lipinski definition) is 1. The van der Waals surface area contributed by atoms with Gasteiger partial charge in [0.2, 0.25) is 5.91 Å². The maximum atomic E-state index is 12.2. The van der Waals surface area contributed by atoms with Gasteiger partial charge in [0, 0.05) is 24.0 Å². The summed E-state index contributed by atoms with van der Waals surface area (Å²) in [6.45, 7) is 5.91. The SMILES string of the molecule is CCNC(=O)CN(CC)C(=O)COC(=O)c1csc(-c2ccc(C)cc2)n1. The van der Waals surface area contributed by atoms with E-state index in [2.05, 4.69) is 10.3 Å². The van der Waals surface area contributed by atoms with Crippen LogP contribution < -0.4 is 5.32 Å². The first-order valence-electron chi connectivity index (χ1n) is 8.68. The minimum atomic E-state index is -0.660. The number of carbonyl (C=O) groups excluding carboxylic acids is 3. The van der Waals surface area contributed by atoms with Crippen molar-refractivity contribution in [3.63, 3.8) is 0 Å². The van der Waals surface area contributed by atoms with Crippen molar-refractivity contribution in [1.82, 2.24) is 15.2 Å². The van der Waals surface area contributed by atoms with Crippen LogP contribution in [-0.2, 0) is 14.3 Å². The fraction of sp³-hybridized carbons (Fsp3) is 0.368.